The summed E-state index contributed by atoms with van der Waals surface area (Å²) in [6.07, 6.45) is 0.323. The van der Waals surface area contributed by atoms with Crippen molar-refractivity contribution < 1.29 is 9.47 Å². The number of benzene rings is 1. The van der Waals surface area contributed by atoms with Gasteiger partial charge in [0, 0.05) is 38.8 Å². The third-order valence-corrected chi connectivity index (χ3v) is 4.90. The quantitative estimate of drug-likeness (QED) is 0.680. The summed E-state index contributed by atoms with van der Waals surface area (Å²) < 4.78 is 11.6. The van der Waals surface area contributed by atoms with Crippen LogP contribution in [0.3, 0.4) is 0 Å². The molecular formula is C21H36N2O2. The highest BCUT2D eigenvalue weighted by Crippen LogP contribution is 2.18. The zero-order valence-electron chi connectivity index (χ0n) is 16.7. The molecule has 1 heterocycles. The van der Waals surface area contributed by atoms with E-state index in [2.05, 4.69) is 68.7 Å². The molecule has 0 bridgehead atoms. The van der Waals surface area contributed by atoms with Crippen LogP contribution >= 0.6 is 0 Å². The molecule has 25 heavy (non-hydrogen) atoms. The summed E-state index contributed by atoms with van der Waals surface area (Å²) in [6, 6.07) is 9.09. The second-order valence-corrected chi connectivity index (χ2v) is 7.68. The minimum absolute atomic E-state index is 0.323. The van der Waals surface area contributed by atoms with E-state index in [1.807, 2.05) is 0 Å². The molecule has 2 rings (SSSR count). The van der Waals surface area contributed by atoms with E-state index in [1.165, 1.54) is 5.56 Å². The fourth-order valence-corrected chi connectivity index (χ4v) is 3.25. The van der Waals surface area contributed by atoms with Crippen LogP contribution in [0.1, 0.15) is 46.1 Å². The predicted molar refractivity (Wildman–Crippen MR) is 105 cm³/mol. The number of rotatable bonds is 9. The normalized spacial score (nSPS) is 19.7. The van der Waals surface area contributed by atoms with Crippen molar-refractivity contribution in [1.29, 1.82) is 0 Å². The van der Waals surface area contributed by atoms with E-state index in [0.717, 1.165) is 51.7 Å². The highest BCUT2D eigenvalue weighted by atomic mass is 16.5. The standard InChI is InChI=1S/C21H36N2O2/c1-17(2)20-6-8-21(9-7-20)25-14-12-22-10-11-23(19(5)16-22)13-15-24-18(3)4/h6-9,17-19H,10-16H2,1-5H3/t19-/m1/s1. The molecule has 0 saturated carbocycles. The summed E-state index contributed by atoms with van der Waals surface area (Å²) in [6.45, 7) is 17.9. The Morgan fingerprint density at radius 3 is 2.32 bits per heavy atom. The second-order valence-electron chi connectivity index (χ2n) is 7.68. The highest BCUT2D eigenvalue weighted by molar-refractivity contribution is 5.28. The van der Waals surface area contributed by atoms with Gasteiger partial charge in [0.1, 0.15) is 12.4 Å². The van der Waals surface area contributed by atoms with E-state index in [0.29, 0.717) is 18.1 Å². The minimum Gasteiger partial charge on any atom is -0.492 e. The largest absolute Gasteiger partial charge is 0.492 e. The lowest BCUT2D eigenvalue weighted by molar-refractivity contribution is 0.0233. The lowest BCUT2D eigenvalue weighted by Gasteiger charge is -2.39. The van der Waals surface area contributed by atoms with E-state index >= 15 is 0 Å². The van der Waals surface area contributed by atoms with Crippen LogP contribution in [0.5, 0.6) is 5.75 Å². The van der Waals surface area contributed by atoms with Crippen molar-refractivity contribution in [2.45, 2.75) is 52.7 Å². The van der Waals surface area contributed by atoms with Gasteiger partial charge in [0.05, 0.1) is 12.7 Å². The second kappa shape index (κ2) is 10.1. The first-order valence-corrected chi connectivity index (χ1v) is 9.76. The summed E-state index contributed by atoms with van der Waals surface area (Å²) in [5.41, 5.74) is 1.36. The Bertz CT molecular complexity index is 487. The summed E-state index contributed by atoms with van der Waals surface area (Å²) in [5, 5.41) is 0. The van der Waals surface area contributed by atoms with Crippen LogP contribution in [0.2, 0.25) is 0 Å². The molecule has 1 atom stereocenters. The van der Waals surface area contributed by atoms with Gasteiger partial charge in [-0.2, -0.15) is 0 Å². The van der Waals surface area contributed by atoms with Crippen LogP contribution in [-0.4, -0.2) is 67.9 Å². The van der Waals surface area contributed by atoms with E-state index in [1.54, 1.807) is 0 Å². The maximum absolute atomic E-state index is 5.92. The first kappa shape index (κ1) is 20.2. The Balaban J connectivity index is 1.65. The van der Waals surface area contributed by atoms with E-state index in [4.69, 9.17) is 9.47 Å². The van der Waals surface area contributed by atoms with Crippen LogP contribution in [-0.2, 0) is 4.74 Å². The molecule has 0 N–H and O–H groups in total. The molecule has 0 unspecified atom stereocenters. The SMILES string of the molecule is CC(C)OCCN1CCN(CCOc2ccc(C(C)C)cc2)C[C@H]1C. The average molecular weight is 349 g/mol. The fourth-order valence-electron chi connectivity index (χ4n) is 3.25. The maximum Gasteiger partial charge on any atom is 0.119 e. The van der Waals surface area contributed by atoms with Gasteiger partial charge < -0.3 is 9.47 Å². The number of hydrogen-bond acceptors (Lipinski definition) is 4. The van der Waals surface area contributed by atoms with Crippen molar-refractivity contribution in [3.05, 3.63) is 29.8 Å². The maximum atomic E-state index is 5.92. The molecule has 0 spiro atoms. The summed E-state index contributed by atoms with van der Waals surface area (Å²) >= 11 is 0. The van der Waals surface area contributed by atoms with Crippen LogP contribution < -0.4 is 4.74 Å². The van der Waals surface area contributed by atoms with E-state index < -0.39 is 0 Å². The van der Waals surface area contributed by atoms with Crippen molar-refractivity contribution in [3.63, 3.8) is 0 Å². The molecule has 1 aliphatic heterocycles. The first-order chi connectivity index (χ1) is 12.0. The van der Waals surface area contributed by atoms with Gasteiger partial charge in [0.15, 0.2) is 0 Å². The first-order valence-electron chi connectivity index (χ1n) is 9.76. The number of nitrogens with zero attached hydrogens (tertiary/aromatic N) is 2. The molecule has 1 aromatic rings. The lowest BCUT2D eigenvalue weighted by Crippen LogP contribution is -2.53. The van der Waals surface area contributed by atoms with Crippen LogP contribution in [0.4, 0.5) is 0 Å². The van der Waals surface area contributed by atoms with Crippen molar-refractivity contribution in [3.8, 4) is 5.75 Å². The van der Waals surface area contributed by atoms with Crippen LogP contribution in [0.25, 0.3) is 0 Å². The Kier molecular flexibility index (Phi) is 8.20. The third kappa shape index (κ3) is 6.96. The summed E-state index contributed by atoms with van der Waals surface area (Å²) in [7, 11) is 0. The molecular weight excluding hydrogens is 312 g/mol. The van der Waals surface area contributed by atoms with Gasteiger partial charge in [-0.25, -0.2) is 0 Å². The summed E-state index contributed by atoms with van der Waals surface area (Å²) in [4.78, 5) is 5.04. The zero-order valence-corrected chi connectivity index (χ0v) is 16.7. The van der Waals surface area contributed by atoms with Crippen molar-refractivity contribution in [2.24, 2.45) is 0 Å². The monoisotopic (exact) mass is 348 g/mol. The van der Waals surface area contributed by atoms with Crippen LogP contribution in [0.15, 0.2) is 24.3 Å². The van der Waals surface area contributed by atoms with Gasteiger partial charge in [0.25, 0.3) is 0 Å². The molecule has 0 radical (unpaired) electrons. The van der Waals surface area contributed by atoms with Gasteiger partial charge >= 0.3 is 0 Å². The van der Waals surface area contributed by atoms with Gasteiger partial charge in [-0.15, -0.1) is 0 Å². The number of hydrogen-bond donors (Lipinski definition) is 0. The predicted octanol–water partition coefficient (Wildman–Crippen LogP) is 3.62. The number of piperazine rings is 1. The Morgan fingerprint density at radius 1 is 1.00 bits per heavy atom. The van der Waals surface area contributed by atoms with Gasteiger partial charge in [-0.1, -0.05) is 26.0 Å². The lowest BCUT2D eigenvalue weighted by atomic mass is 10.0. The molecule has 1 aliphatic rings. The van der Waals surface area contributed by atoms with Gasteiger partial charge in [-0.05, 0) is 44.4 Å². The third-order valence-electron chi connectivity index (χ3n) is 4.90. The topological polar surface area (TPSA) is 24.9 Å². The minimum atomic E-state index is 0.323. The molecule has 1 aromatic carbocycles. The zero-order chi connectivity index (χ0) is 18.2. The molecule has 0 amide bonds. The molecule has 1 fully saturated rings. The van der Waals surface area contributed by atoms with Gasteiger partial charge in [-0.3, -0.25) is 9.80 Å². The molecule has 4 heteroatoms. The van der Waals surface area contributed by atoms with E-state index in [-0.39, 0.29) is 0 Å². The Labute approximate surface area is 154 Å². The van der Waals surface area contributed by atoms with Gasteiger partial charge in [0.2, 0.25) is 0 Å². The molecule has 0 aliphatic carbocycles. The fraction of sp³-hybridized carbons (Fsp3) is 0.714. The summed E-state index contributed by atoms with van der Waals surface area (Å²) in [5.74, 6) is 1.54. The average Bonchev–Trinajstić information content (AvgIpc) is 2.57. The highest BCUT2D eigenvalue weighted by Gasteiger charge is 2.23. The Hall–Kier alpha value is -1.10. The van der Waals surface area contributed by atoms with Crippen molar-refractivity contribution >= 4 is 0 Å². The molecule has 4 nitrogen and oxygen atoms in total. The molecule has 142 valence electrons. The number of ether oxygens (including phenoxy) is 2. The smallest absolute Gasteiger partial charge is 0.119 e. The molecule has 1 saturated heterocycles. The molecule has 0 aromatic heterocycles. The van der Waals surface area contributed by atoms with Crippen molar-refractivity contribution in [1.82, 2.24) is 9.80 Å². The van der Waals surface area contributed by atoms with Crippen molar-refractivity contribution in [2.75, 3.05) is 45.9 Å². The Morgan fingerprint density at radius 2 is 1.72 bits per heavy atom. The van der Waals surface area contributed by atoms with E-state index in [9.17, 15) is 0 Å². The van der Waals surface area contributed by atoms with Crippen LogP contribution in [0, 0.1) is 0 Å².